The van der Waals surface area contributed by atoms with E-state index in [0.717, 1.165) is 4.34 Å². The molecule has 0 bridgehead atoms. The third-order valence-corrected chi connectivity index (χ3v) is 6.13. The highest BCUT2D eigenvalue weighted by molar-refractivity contribution is 7.16. The molecule has 2 rings (SSSR count). The van der Waals surface area contributed by atoms with Crippen LogP contribution in [-0.4, -0.2) is 0 Å². The first-order valence-electron chi connectivity index (χ1n) is 6.82. The summed E-state index contributed by atoms with van der Waals surface area (Å²) in [6.07, 6.45) is 0. The minimum Gasteiger partial charge on any atom is -0.148 e. The van der Waals surface area contributed by atoms with Crippen molar-refractivity contribution in [1.29, 1.82) is 0 Å². The van der Waals surface area contributed by atoms with Gasteiger partial charge in [-0.3, -0.25) is 0 Å². The fourth-order valence-corrected chi connectivity index (χ4v) is 3.61. The van der Waals surface area contributed by atoms with E-state index >= 15 is 0 Å². The Hall–Kier alpha value is -0.310. The van der Waals surface area contributed by atoms with Crippen LogP contribution in [0.15, 0.2) is 23.6 Å². The first-order valence-corrected chi connectivity index (χ1v) is 8.89. The Morgan fingerprint density at radius 2 is 1.50 bits per heavy atom. The number of aryl methyl sites for hydroxylation is 1. The molecule has 0 aliphatic rings. The molecule has 0 nitrogen and oxygen atoms in total. The highest BCUT2D eigenvalue weighted by atomic mass is 35.5. The topological polar surface area (TPSA) is 0 Å². The zero-order valence-corrected chi connectivity index (χ0v) is 15.9. The molecule has 0 unspecified atom stereocenters. The van der Waals surface area contributed by atoms with Crippen molar-refractivity contribution in [2.24, 2.45) is 0 Å². The second-order valence-electron chi connectivity index (χ2n) is 7.04. The number of rotatable bonds is 0. The number of thiophene rings is 2. The van der Waals surface area contributed by atoms with E-state index in [0.29, 0.717) is 5.41 Å². The summed E-state index contributed by atoms with van der Waals surface area (Å²) < 4.78 is 0.926. The van der Waals surface area contributed by atoms with E-state index in [1.807, 2.05) is 18.3 Å². The van der Waals surface area contributed by atoms with Crippen LogP contribution in [0.2, 0.25) is 4.34 Å². The van der Waals surface area contributed by atoms with Crippen LogP contribution in [0.3, 0.4) is 0 Å². The molecule has 0 saturated heterocycles. The molecule has 0 N–H and O–H groups in total. The van der Waals surface area contributed by atoms with Crippen molar-refractivity contribution in [2.45, 2.75) is 59.3 Å². The molecule has 0 amide bonds. The van der Waals surface area contributed by atoms with Gasteiger partial charge in [0, 0.05) is 9.75 Å². The lowest BCUT2D eigenvalue weighted by Gasteiger charge is -2.14. The molecule has 0 saturated carbocycles. The summed E-state index contributed by atoms with van der Waals surface area (Å²) in [4.78, 5) is 2.82. The standard InChI is InChI=1S/C9H13ClS.C8H12S/c1-6-5-7(9(2,3)4)11-8(6)10;1-8(2,3)7-5-4-6-9-7/h5H,1-4H3;4-6H,1-3H3. The molecule has 3 heteroatoms. The predicted octanol–water partition coefficient (Wildman–Crippen LogP) is 7.05. The minimum atomic E-state index is 0.239. The lowest BCUT2D eigenvalue weighted by molar-refractivity contribution is 0.603. The van der Waals surface area contributed by atoms with E-state index in [9.17, 15) is 0 Å². The second-order valence-corrected chi connectivity index (χ2v) is 9.65. The van der Waals surface area contributed by atoms with E-state index in [4.69, 9.17) is 11.6 Å². The molecule has 2 heterocycles. The first kappa shape index (κ1) is 17.7. The number of hydrogen-bond acceptors (Lipinski definition) is 2. The van der Waals surface area contributed by atoms with Crippen LogP contribution in [0.1, 0.15) is 56.9 Å². The van der Waals surface area contributed by atoms with Gasteiger partial charge in [0.2, 0.25) is 0 Å². The number of hydrogen-bond donors (Lipinski definition) is 0. The van der Waals surface area contributed by atoms with Crippen LogP contribution in [0.25, 0.3) is 0 Å². The van der Waals surface area contributed by atoms with Crippen molar-refractivity contribution >= 4 is 34.3 Å². The summed E-state index contributed by atoms with van der Waals surface area (Å²) in [5.41, 5.74) is 1.78. The van der Waals surface area contributed by atoms with Gasteiger partial charge >= 0.3 is 0 Å². The average molecular weight is 329 g/mol. The van der Waals surface area contributed by atoms with Gasteiger partial charge in [0.1, 0.15) is 0 Å². The molecular weight excluding hydrogens is 304 g/mol. The molecular formula is C17H25ClS2. The predicted molar refractivity (Wildman–Crippen MR) is 95.8 cm³/mol. The Morgan fingerprint density at radius 1 is 0.950 bits per heavy atom. The van der Waals surface area contributed by atoms with E-state index in [1.54, 1.807) is 11.3 Å². The van der Waals surface area contributed by atoms with E-state index < -0.39 is 0 Å². The van der Waals surface area contributed by atoms with Crippen molar-refractivity contribution in [3.05, 3.63) is 43.2 Å². The van der Waals surface area contributed by atoms with Gasteiger partial charge in [-0.1, -0.05) is 59.2 Å². The van der Waals surface area contributed by atoms with Gasteiger partial charge in [-0.2, -0.15) is 0 Å². The summed E-state index contributed by atoms with van der Waals surface area (Å²) in [5, 5.41) is 2.13. The Balaban J connectivity index is 0.000000204. The summed E-state index contributed by atoms with van der Waals surface area (Å²) in [7, 11) is 0. The van der Waals surface area contributed by atoms with Crippen LogP contribution in [0.4, 0.5) is 0 Å². The molecule has 0 aliphatic carbocycles. The zero-order valence-electron chi connectivity index (χ0n) is 13.5. The van der Waals surface area contributed by atoms with E-state index in [2.05, 4.69) is 65.1 Å². The molecule has 0 fully saturated rings. The van der Waals surface area contributed by atoms with Crippen molar-refractivity contribution in [3.8, 4) is 0 Å². The highest BCUT2D eigenvalue weighted by Gasteiger charge is 2.17. The molecule has 0 atom stereocenters. The van der Waals surface area contributed by atoms with Crippen molar-refractivity contribution in [2.75, 3.05) is 0 Å². The monoisotopic (exact) mass is 328 g/mol. The summed E-state index contributed by atoms with van der Waals surface area (Å²) in [6, 6.07) is 6.46. The van der Waals surface area contributed by atoms with Gasteiger partial charge in [-0.15, -0.1) is 22.7 Å². The molecule has 20 heavy (non-hydrogen) atoms. The first-order chi connectivity index (χ1) is 9.01. The zero-order chi connectivity index (χ0) is 15.6. The van der Waals surface area contributed by atoms with Crippen LogP contribution in [0, 0.1) is 6.92 Å². The van der Waals surface area contributed by atoms with Crippen LogP contribution < -0.4 is 0 Å². The third-order valence-electron chi connectivity index (χ3n) is 2.86. The quantitative estimate of drug-likeness (QED) is 0.486. The third kappa shape index (κ3) is 5.23. The maximum absolute atomic E-state index is 5.95. The normalized spacial score (nSPS) is 12.0. The highest BCUT2D eigenvalue weighted by Crippen LogP contribution is 2.34. The second kappa shape index (κ2) is 6.64. The summed E-state index contributed by atoms with van der Waals surface area (Å²) in [6.45, 7) is 15.4. The molecule has 2 aromatic rings. The maximum atomic E-state index is 5.95. The van der Waals surface area contributed by atoms with Crippen LogP contribution in [0.5, 0.6) is 0 Å². The fourth-order valence-electron chi connectivity index (χ4n) is 1.53. The SMILES string of the molecule is CC(C)(C)c1cccs1.Cc1cc(C(C)(C)C)sc1Cl. The molecule has 0 aliphatic heterocycles. The van der Waals surface area contributed by atoms with Crippen LogP contribution >= 0.6 is 34.3 Å². The maximum Gasteiger partial charge on any atom is 0.0960 e. The van der Waals surface area contributed by atoms with Crippen molar-refractivity contribution in [3.63, 3.8) is 0 Å². The molecule has 0 aromatic carbocycles. The average Bonchev–Trinajstić information content (AvgIpc) is 2.88. The Bertz CT molecular complexity index is 503. The molecule has 0 radical (unpaired) electrons. The van der Waals surface area contributed by atoms with Gasteiger partial charge in [-0.05, 0) is 40.8 Å². The number of halogens is 1. The van der Waals surface area contributed by atoms with Gasteiger partial charge in [-0.25, -0.2) is 0 Å². The van der Waals surface area contributed by atoms with Crippen molar-refractivity contribution in [1.82, 2.24) is 0 Å². The van der Waals surface area contributed by atoms with Gasteiger partial charge in [0.15, 0.2) is 0 Å². The fraction of sp³-hybridized carbons (Fsp3) is 0.529. The minimum absolute atomic E-state index is 0.239. The molecule has 112 valence electrons. The van der Waals surface area contributed by atoms with Crippen LogP contribution in [-0.2, 0) is 10.8 Å². The van der Waals surface area contributed by atoms with E-state index in [1.165, 1.54) is 15.3 Å². The summed E-state index contributed by atoms with van der Waals surface area (Å²) >= 11 is 9.47. The largest absolute Gasteiger partial charge is 0.148 e. The Kier molecular flexibility index (Phi) is 5.89. The molecule has 2 aromatic heterocycles. The smallest absolute Gasteiger partial charge is 0.0960 e. The lowest BCUT2D eigenvalue weighted by Crippen LogP contribution is -2.07. The van der Waals surface area contributed by atoms with Crippen molar-refractivity contribution < 1.29 is 0 Å². The Morgan fingerprint density at radius 3 is 1.70 bits per heavy atom. The van der Waals surface area contributed by atoms with Gasteiger partial charge in [0.25, 0.3) is 0 Å². The molecule has 0 spiro atoms. The van der Waals surface area contributed by atoms with Gasteiger partial charge < -0.3 is 0 Å². The van der Waals surface area contributed by atoms with E-state index in [-0.39, 0.29) is 5.41 Å². The lowest BCUT2D eigenvalue weighted by atomic mass is 9.94. The Labute approximate surface area is 136 Å². The van der Waals surface area contributed by atoms with Gasteiger partial charge in [0.05, 0.1) is 4.34 Å². The summed E-state index contributed by atoms with van der Waals surface area (Å²) in [5.74, 6) is 0.